The molecule has 1 rings (SSSR count). The number of hydrogen-bond acceptors (Lipinski definition) is 3. The first-order valence-electron chi connectivity index (χ1n) is 6.16. The smallest absolute Gasteiger partial charge is 0.306 e. The first-order valence-corrected chi connectivity index (χ1v) is 6.16. The van der Waals surface area contributed by atoms with Crippen molar-refractivity contribution in [1.82, 2.24) is 5.32 Å². The third-order valence-corrected chi connectivity index (χ3v) is 3.40. The highest BCUT2D eigenvalue weighted by atomic mass is 16.4. The average Bonchev–Trinajstić information content (AvgIpc) is 2.75. The number of rotatable bonds is 6. The van der Waals surface area contributed by atoms with Crippen molar-refractivity contribution in [3.63, 3.8) is 0 Å². The summed E-state index contributed by atoms with van der Waals surface area (Å²) in [6.07, 6.45) is 2.38. The molecule has 1 saturated carbocycles. The van der Waals surface area contributed by atoms with Crippen molar-refractivity contribution in [2.45, 2.75) is 32.6 Å². The van der Waals surface area contributed by atoms with Gasteiger partial charge in [-0.2, -0.15) is 0 Å². The lowest BCUT2D eigenvalue weighted by atomic mass is 10.0. The van der Waals surface area contributed by atoms with Gasteiger partial charge in [-0.1, -0.05) is 6.92 Å². The molecule has 1 fully saturated rings. The Kier molecular flexibility index (Phi) is 5.41. The molecule has 0 aromatic carbocycles. The number of carbonyl (C=O) groups is 2. The molecule has 17 heavy (non-hydrogen) atoms. The zero-order valence-corrected chi connectivity index (χ0v) is 10.2. The summed E-state index contributed by atoms with van der Waals surface area (Å²) in [6, 6.07) is 0. The van der Waals surface area contributed by atoms with Gasteiger partial charge >= 0.3 is 5.97 Å². The van der Waals surface area contributed by atoms with E-state index in [0.717, 1.165) is 0 Å². The van der Waals surface area contributed by atoms with Gasteiger partial charge in [0, 0.05) is 19.1 Å². The molecule has 1 amide bonds. The van der Waals surface area contributed by atoms with Crippen LogP contribution in [0.1, 0.15) is 32.6 Å². The summed E-state index contributed by atoms with van der Waals surface area (Å²) in [5.41, 5.74) is 0. The minimum Gasteiger partial charge on any atom is -0.481 e. The normalized spacial score (nSPS) is 25.5. The van der Waals surface area contributed by atoms with Gasteiger partial charge in [-0.3, -0.25) is 9.59 Å². The van der Waals surface area contributed by atoms with Gasteiger partial charge in [0.2, 0.25) is 5.91 Å². The van der Waals surface area contributed by atoms with Crippen LogP contribution in [0, 0.1) is 17.8 Å². The Morgan fingerprint density at radius 2 is 2.00 bits per heavy atom. The van der Waals surface area contributed by atoms with Crippen molar-refractivity contribution < 1.29 is 19.8 Å². The fourth-order valence-electron chi connectivity index (χ4n) is 2.19. The molecule has 0 aromatic rings. The van der Waals surface area contributed by atoms with Crippen LogP contribution in [-0.4, -0.2) is 35.2 Å². The number of nitrogens with one attached hydrogen (secondary N) is 1. The van der Waals surface area contributed by atoms with E-state index in [2.05, 4.69) is 5.32 Å². The SMILES string of the molecule is CC(CCO)CNC(=O)C1CCC(C(=O)O)C1. The first kappa shape index (κ1) is 14.0. The first-order chi connectivity index (χ1) is 8.04. The second-order valence-electron chi connectivity index (χ2n) is 4.91. The molecule has 0 spiro atoms. The van der Waals surface area contributed by atoms with Crippen molar-refractivity contribution in [3.8, 4) is 0 Å². The molecule has 3 atom stereocenters. The van der Waals surface area contributed by atoms with Crippen molar-refractivity contribution >= 4 is 11.9 Å². The Morgan fingerprint density at radius 1 is 1.35 bits per heavy atom. The standard InChI is InChI=1S/C12H21NO4/c1-8(4-5-14)7-13-11(15)9-2-3-10(6-9)12(16)17/h8-10,14H,2-7H2,1H3,(H,13,15)(H,16,17). The summed E-state index contributed by atoms with van der Waals surface area (Å²) in [4.78, 5) is 22.5. The fraction of sp³-hybridized carbons (Fsp3) is 0.833. The number of aliphatic carboxylic acids is 1. The Morgan fingerprint density at radius 3 is 2.53 bits per heavy atom. The molecule has 3 N–H and O–H groups in total. The number of carboxylic acid groups (broad SMARTS) is 1. The van der Waals surface area contributed by atoms with E-state index in [1.807, 2.05) is 6.92 Å². The molecule has 0 bridgehead atoms. The number of carboxylic acids is 1. The molecule has 1 aliphatic carbocycles. The van der Waals surface area contributed by atoms with E-state index < -0.39 is 5.97 Å². The van der Waals surface area contributed by atoms with Crippen molar-refractivity contribution in [3.05, 3.63) is 0 Å². The van der Waals surface area contributed by atoms with E-state index in [1.165, 1.54) is 0 Å². The molecule has 1 aliphatic rings. The second-order valence-corrected chi connectivity index (χ2v) is 4.91. The number of amides is 1. The van der Waals surface area contributed by atoms with E-state index in [4.69, 9.17) is 10.2 Å². The molecule has 98 valence electrons. The molecule has 5 heteroatoms. The van der Waals surface area contributed by atoms with Crippen molar-refractivity contribution in [2.24, 2.45) is 17.8 Å². The van der Waals surface area contributed by atoms with Crippen LogP contribution in [0.5, 0.6) is 0 Å². The predicted molar refractivity (Wildman–Crippen MR) is 62.3 cm³/mol. The number of carbonyl (C=O) groups excluding carboxylic acids is 1. The molecule has 3 unspecified atom stereocenters. The van der Waals surface area contributed by atoms with Gasteiger partial charge in [0.25, 0.3) is 0 Å². The molecule has 0 aromatic heterocycles. The molecule has 0 radical (unpaired) electrons. The maximum atomic E-state index is 11.8. The highest BCUT2D eigenvalue weighted by molar-refractivity contribution is 5.80. The molecule has 0 heterocycles. The summed E-state index contributed by atoms with van der Waals surface area (Å²) in [5, 5.41) is 20.4. The summed E-state index contributed by atoms with van der Waals surface area (Å²) < 4.78 is 0. The number of hydrogen-bond donors (Lipinski definition) is 3. The van der Waals surface area contributed by atoms with Crippen LogP contribution in [0.15, 0.2) is 0 Å². The minimum absolute atomic E-state index is 0.0430. The van der Waals surface area contributed by atoms with Gasteiger partial charge in [-0.25, -0.2) is 0 Å². The van der Waals surface area contributed by atoms with Gasteiger partial charge in [-0.05, 0) is 31.6 Å². The molecule has 0 saturated heterocycles. The van der Waals surface area contributed by atoms with Crippen LogP contribution >= 0.6 is 0 Å². The maximum absolute atomic E-state index is 11.8. The Bertz CT molecular complexity index is 280. The minimum atomic E-state index is -0.797. The molecule has 0 aliphatic heterocycles. The summed E-state index contributed by atoms with van der Waals surface area (Å²) in [7, 11) is 0. The van der Waals surface area contributed by atoms with Gasteiger partial charge in [0.1, 0.15) is 0 Å². The second kappa shape index (κ2) is 6.59. The fourth-order valence-corrected chi connectivity index (χ4v) is 2.19. The van der Waals surface area contributed by atoms with Crippen LogP contribution in [0.3, 0.4) is 0 Å². The maximum Gasteiger partial charge on any atom is 0.306 e. The van der Waals surface area contributed by atoms with Crippen molar-refractivity contribution in [2.75, 3.05) is 13.2 Å². The number of aliphatic hydroxyl groups excluding tert-OH is 1. The highest BCUT2D eigenvalue weighted by Crippen LogP contribution is 2.31. The van der Waals surface area contributed by atoms with Crippen LogP contribution in [0.25, 0.3) is 0 Å². The van der Waals surface area contributed by atoms with E-state index in [-0.39, 0.29) is 30.3 Å². The van der Waals surface area contributed by atoms with Gasteiger partial charge in [-0.15, -0.1) is 0 Å². The lowest BCUT2D eigenvalue weighted by Crippen LogP contribution is -2.33. The van der Waals surface area contributed by atoms with Gasteiger partial charge in [0.05, 0.1) is 5.92 Å². The summed E-state index contributed by atoms with van der Waals surface area (Å²) >= 11 is 0. The van der Waals surface area contributed by atoms with E-state index in [0.29, 0.717) is 32.2 Å². The Labute approximate surface area is 101 Å². The van der Waals surface area contributed by atoms with Crippen LogP contribution in [0.2, 0.25) is 0 Å². The monoisotopic (exact) mass is 243 g/mol. The number of aliphatic hydroxyl groups is 1. The zero-order valence-electron chi connectivity index (χ0n) is 10.2. The van der Waals surface area contributed by atoms with Crippen molar-refractivity contribution in [1.29, 1.82) is 0 Å². The Hall–Kier alpha value is -1.10. The quantitative estimate of drug-likeness (QED) is 0.638. The summed E-state index contributed by atoms with van der Waals surface area (Å²) in [6.45, 7) is 2.64. The van der Waals surface area contributed by atoms with Gasteiger partial charge < -0.3 is 15.5 Å². The summed E-state index contributed by atoms with van der Waals surface area (Å²) in [5.74, 6) is -1.11. The van der Waals surface area contributed by atoms with Crippen LogP contribution in [-0.2, 0) is 9.59 Å². The largest absolute Gasteiger partial charge is 0.481 e. The lowest BCUT2D eigenvalue weighted by molar-refractivity contribution is -0.141. The third-order valence-electron chi connectivity index (χ3n) is 3.40. The average molecular weight is 243 g/mol. The van der Waals surface area contributed by atoms with E-state index >= 15 is 0 Å². The van der Waals surface area contributed by atoms with Crippen LogP contribution < -0.4 is 5.32 Å². The van der Waals surface area contributed by atoms with Gasteiger partial charge in [0.15, 0.2) is 0 Å². The highest BCUT2D eigenvalue weighted by Gasteiger charge is 2.33. The van der Waals surface area contributed by atoms with E-state index in [1.54, 1.807) is 0 Å². The van der Waals surface area contributed by atoms with E-state index in [9.17, 15) is 9.59 Å². The zero-order chi connectivity index (χ0) is 12.8. The molecule has 5 nitrogen and oxygen atoms in total. The molecular weight excluding hydrogens is 222 g/mol. The third kappa shape index (κ3) is 4.34. The molecular formula is C12H21NO4. The van der Waals surface area contributed by atoms with Crippen LogP contribution in [0.4, 0.5) is 0 Å². The predicted octanol–water partition coefficient (Wildman–Crippen LogP) is 0.622. The lowest BCUT2D eigenvalue weighted by Gasteiger charge is -2.14. The Balaban J connectivity index is 2.27. The topological polar surface area (TPSA) is 86.6 Å².